The molecule has 18 atom stereocenters. The number of carbonyl (C=O) groups is 3. The van der Waals surface area contributed by atoms with E-state index in [2.05, 4.69) is 11.4 Å². The molecular formula is C56H90N4O17. The molecule has 77 heavy (non-hydrogen) atoms. The number of aromatic nitrogens is 1. The van der Waals surface area contributed by atoms with Crippen LogP contribution in [-0.4, -0.2) is 203 Å². The van der Waals surface area contributed by atoms with E-state index >= 15 is 0 Å². The van der Waals surface area contributed by atoms with Crippen LogP contribution in [0, 0.1) is 17.8 Å². The Kier molecular flexibility index (Phi) is 20.8. The highest BCUT2D eigenvalue weighted by Crippen LogP contribution is 2.41. The largest absolute Gasteiger partial charge is 0.477 e. The number of cyclic esters (lactones) is 1. The Morgan fingerprint density at radius 2 is 1.66 bits per heavy atom. The van der Waals surface area contributed by atoms with Gasteiger partial charge in [0.25, 0.3) is 0 Å². The number of hydrogen-bond donors (Lipinski definition) is 6. The normalized spacial score (nSPS) is 37.8. The van der Waals surface area contributed by atoms with Crippen molar-refractivity contribution in [3.05, 3.63) is 45.2 Å². The van der Waals surface area contributed by atoms with Crippen molar-refractivity contribution in [2.45, 2.75) is 211 Å². The van der Waals surface area contributed by atoms with Gasteiger partial charge >= 0.3 is 18.0 Å². The second-order valence-electron chi connectivity index (χ2n) is 23.5. The van der Waals surface area contributed by atoms with E-state index in [4.69, 9.17) is 37.9 Å². The third-order valence-electron chi connectivity index (χ3n) is 16.8. The minimum absolute atomic E-state index is 0.0174. The molecule has 4 aliphatic rings. The fourth-order valence-electron chi connectivity index (χ4n) is 12.4. The van der Waals surface area contributed by atoms with Gasteiger partial charge in [0.05, 0.1) is 48.1 Å². The number of carboxylic acids is 1. The van der Waals surface area contributed by atoms with Gasteiger partial charge in [-0.2, -0.15) is 0 Å². The van der Waals surface area contributed by atoms with E-state index in [1.54, 1.807) is 54.5 Å². The second kappa shape index (κ2) is 25.7. The van der Waals surface area contributed by atoms with Crippen molar-refractivity contribution in [3.8, 4) is 0 Å². The van der Waals surface area contributed by atoms with Gasteiger partial charge in [-0.25, -0.2) is 9.59 Å². The number of amides is 1. The predicted octanol–water partition coefficient (Wildman–Crippen LogP) is 3.85. The first-order valence-electron chi connectivity index (χ1n) is 27.5. The van der Waals surface area contributed by atoms with Crippen molar-refractivity contribution in [2.75, 3.05) is 54.6 Å². The number of aryl methyl sites for hydroxylation is 3. The second-order valence-corrected chi connectivity index (χ2v) is 23.5. The topological polar surface area (TPSA) is 267 Å². The summed E-state index contributed by atoms with van der Waals surface area (Å²) in [6, 6.07) is 2.91. The molecule has 2 aromatic rings. The first kappa shape index (κ1) is 62.4. The van der Waals surface area contributed by atoms with Crippen LogP contribution in [0.1, 0.15) is 123 Å². The molecule has 3 saturated heterocycles. The minimum Gasteiger partial charge on any atom is -0.477 e. The molecule has 0 saturated carbocycles. The van der Waals surface area contributed by atoms with Gasteiger partial charge in [-0.3, -0.25) is 9.59 Å². The van der Waals surface area contributed by atoms with Crippen LogP contribution >= 0.6 is 0 Å². The standard InChI is InChI=1S/C56H90N4O17/c1-15-41-56(10,69)47(63)34(6)59(13)28-30(2)26-54(8,68)48(76-52-45(62)40(58(11)12)23-31(3)72-52)32(4)46(33(5)51(66)74-41)75-42-27-55(9,70-14)49(35(7)73-42)77-53(67)57-19-22-71-21-16-17-36-24-37-18-20-60-29-39(50(64)65)44(61)38(25-36)43(37)60/h24-25,29-35,40-42,45-49,52,62-63,68-69H,15-23,26-28H2,1-14H3,(H,57,67)(H,64,65)/t30-,31-,32+,33-,34-,35+,40+,41-,42+,45-,46+,47-,48-,49+,52?,54-,55-,56-/m1/s1. The number of alkyl carbamates (subject to hydrolysis) is 1. The molecule has 1 amide bonds. The lowest BCUT2D eigenvalue weighted by molar-refractivity contribution is -0.317. The molecule has 1 unspecified atom stereocenters. The molecule has 0 spiro atoms. The number of methoxy groups -OCH3 is 1. The number of likely N-dealkylation sites (N-methyl/N-ethyl adjacent to an activating group) is 2. The van der Waals surface area contributed by atoms with Crippen LogP contribution in [-0.2, 0) is 62.1 Å². The first-order chi connectivity index (χ1) is 36.0. The van der Waals surface area contributed by atoms with Crippen LogP contribution in [0.25, 0.3) is 10.9 Å². The number of aromatic carboxylic acids is 1. The van der Waals surface area contributed by atoms with E-state index in [0.29, 0.717) is 50.8 Å². The van der Waals surface area contributed by atoms with Crippen molar-refractivity contribution in [1.82, 2.24) is 19.7 Å². The molecule has 0 aliphatic carbocycles. The van der Waals surface area contributed by atoms with Crippen molar-refractivity contribution in [1.29, 1.82) is 0 Å². The van der Waals surface area contributed by atoms with E-state index in [9.17, 15) is 44.7 Å². The van der Waals surface area contributed by atoms with Crippen LogP contribution in [0.4, 0.5) is 4.79 Å². The number of hydrogen-bond acceptors (Lipinski definition) is 18. The van der Waals surface area contributed by atoms with Crippen LogP contribution in [0.2, 0.25) is 0 Å². The van der Waals surface area contributed by atoms with Gasteiger partial charge in [0.2, 0.25) is 5.43 Å². The lowest BCUT2D eigenvalue weighted by Gasteiger charge is -2.49. The Morgan fingerprint density at radius 3 is 2.31 bits per heavy atom. The average Bonchev–Trinajstić information content (AvgIpc) is 3.77. The fraction of sp³-hybridized carbons (Fsp3) is 0.786. The Labute approximate surface area is 453 Å². The number of aliphatic hydroxyl groups is 4. The Bertz CT molecular complexity index is 2400. The lowest BCUT2D eigenvalue weighted by Crippen LogP contribution is -2.61. The van der Waals surface area contributed by atoms with Gasteiger partial charge < -0.3 is 83.1 Å². The molecular weight excluding hydrogens is 1000 g/mol. The molecule has 0 radical (unpaired) electrons. The number of nitrogens with one attached hydrogen (secondary N) is 1. The third-order valence-corrected chi connectivity index (χ3v) is 16.8. The van der Waals surface area contributed by atoms with E-state index < -0.39 is 113 Å². The summed E-state index contributed by atoms with van der Waals surface area (Å²) in [6.07, 6.45) is -6.61. The summed E-state index contributed by atoms with van der Waals surface area (Å²) < 4.78 is 52.3. The van der Waals surface area contributed by atoms with Crippen molar-refractivity contribution >= 4 is 28.9 Å². The number of carbonyl (C=O) groups excluding carboxylic acids is 2. The van der Waals surface area contributed by atoms with E-state index in [0.717, 1.165) is 16.6 Å². The molecule has 5 heterocycles. The Balaban J connectivity index is 1.15. The zero-order chi connectivity index (χ0) is 57.1. The van der Waals surface area contributed by atoms with Crippen LogP contribution in [0.15, 0.2) is 23.1 Å². The summed E-state index contributed by atoms with van der Waals surface area (Å²) in [7, 11) is 7.05. The molecule has 6 N–H and O–H groups in total. The first-order valence-corrected chi connectivity index (χ1v) is 27.5. The van der Waals surface area contributed by atoms with Gasteiger partial charge in [-0.1, -0.05) is 26.8 Å². The summed E-state index contributed by atoms with van der Waals surface area (Å²) in [5.74, 6) is -4.14. The van der Waals surface area contributed by atoms with Gasteiger partial charge in [-0.05, 0) is 131 Å². The minimum atomic E-state index is -1.87. The number of benzene rings is 1. The number of carboxylic acid groups (broad SMARTS) is 1. The van der Waals surface area contributed by atoms with Gasteiger partial charge in [-0.15, -0.1) is 0 Å². The Hall–Kier alpha value is -3.84. The van der Waals surface area contributed by atoms with E-state index in [1.807, 2.05) is 49.4 Å². The van der Waals surface area contributed by atoms with Gasteiger partial charge in [0.15, 0.2) is 18.7 Å². The summed E-state index contributed by atoms with van der Waals surface area (Å²) in [5.41, 5.74) is -2.71. The smallest absolute Gasteiger partial charge is 0.407 e. The monoisotopic (exact) mass is 1090 g/mol. The van der Waals surface area contributed by atoms with Gasteiger partial charge in [0, 0.05) is 69.4 Å². The van der Waals surface area contributed by atoms with Crippen LogP contribution in [0.5, 0.6) is 0 Å². The number of nitrogens with zero attached hydrogens (tertiary/aromatic N) is 3. The van der Waals surface area contributed by atoms with Crippen molar-refractivity contribution < 1.29 is 77.8 Å². The summed E-state index contributed by atoms with van der Waals surface area (Å²) >= 11 is 0. The maximum Gasteiger partial charge on any atom is 0.407 e. The molecule has 3 fully saturated rings. The summed E-state index contributed by atoms with van der Waals surface area (Å²) in [5, 5.41) is 60.8. The van der Waals surface area contributed by atoms with Crippen molar-refractivity contribution in [3.63, 3.8) is 0 Å². The van der Waals surface area contributed by atoms with Gasteiger partial charge in [0.1, 0.15) is 35.1 Å². The zero-order valence-corrected chi connectivity index (χ0v) is 47.9. The molecule has 1 aromatic carbocycles. The summed E-state index contributed by atoms with van der Waals surface area (Å²) in [6.45, 7) is 19.1. The highest BCUT2D eigenvalue weighted by atomic mass is 16.7. The Morgan fingerprint density at radius 1 is 0.961 bits per heavy atom. The van der Waals surface area contributed by atoms with E-state index in [-0.39, 0.29) is 56.0 Å². The number of ether oxygens (including phenoxy) is 8. The van der Waals surface area contributed by atoms with Crippen LogP contribution < -0.4 is 10.7 Å². The number of rotatable bonds is 16. The van der Waals surface area contributed by atoms with Crippen molar-refractivity contribution in [2.24, 2.45) is 17.8 Å². The zero-order valence-electron chi connectivity index (χ0n) is 47.9. The molecule has 6 rings (SSSR count). The van der Waals surface area contributed by atoms with E-state index in [1.165, 1.54) is 20.2 Å². The molecule has 4 aliphatic heterocycles. The maximum atomic E-state index is 14.6. The third kappa shape index (κ3) is 14.2. The number of pyridine rings is 1. The molecule has 0 bridgehead atoms. The number of esters is 1. The number of aliphatic hydroxyl groups excluding tert-OH is 2. The molecule has 1 aromatic heterocycles. The average molecular weight is 1090 g/mol. The molecule has 21 nitrogen and oxygen atoms in total. The fourth-order valence-corrected chi connectivity index (χ4v) is 12.4. The quantitative estimate of drug-likeness (QED) is 0.103. The molecule has 21 heteroatoms. The summed E-state index contributed by atoms with van der Waals surface area (Å²) in [4.78, 5) is 56.5. The lowest BCUT2D eigenvalue weighted by atomic mass is 9.77. The maximum absolute atomic E-state index is 14.6. The highest BCUT2D eigenvalue weighted by Gasteiger charge is 2.54. The molecule has 436 valence electrons. The predicted molar refractivity (Wildman–Crippen MR) is 284 cm³/mol. The highest BCUT2D eigenvalue weighted by molar-refractivity contribution is 5.94. The SMILES string of the molecule is CC[C@H]1OC(=O)[C@H](C)[C@@H](O[C@H]2C[C@@](C)(OC)[C@@H](OC(=O)NCCOCCCc3cc4c5c(c3)c(=O)c(C(=O)O)cn5CC4)[C@H](C)O2)[C@H](C)[C@@H](OC2O[C@H](C)C[C@H](N(C)C)[C@H]2O)[C@](C)(O)C[C@@H](C)CN(C)[C@H](C)[C@@H](O)[C@]1(C)O. The van der Waals surface area contributed by atoms with Crippen LogP contribution in [0.3, 0.4) is 0 Å².